The molecule has 0 saturated heterocycles. The molecule has 0 spiro atoms. The van der Waals surface area contributed by atoms with E-state index in [1.165, 1.54) is 31.0 Å². The molecule has 1 amide bonds. The van der Waals surface area contributed by atoms with Crippen LogP contribution in [0, 0.1) is 5.92 Å². The van der Waals surface area contributed by atoms with Crippen LogP contribution in [0.5, 0.6) is 5.75 Å². The molecule has 2 N–H and O–H groups in total. The zero-order valence-electron chi connectivity index (χ0n) is 9.75. The Morgan fingerprint density at radius 3 is 2.59 bits per heavy atom. The van der Waals surface area contributed by atoms with Gasteiger partial charge in [0.15, 0.2) is 0 Å². The number of carboxylic acid groups (broad SMARTS) is 1. The van der Waals surface area contributed by atoms with Crippen molar-refractivity contribution in [3.8, 4) is 5.75 Å². The fourth-order valence-electron chi connectivity index (χ4n) is 1.43. The van der Waals surface area contributed by atoms with E-state index in [2.05, 4.69) is 0 Å². The number of phenols is 1. The fourth-order valence-corrected chi connectivity index (χ4v) is 1.43. The first kappa shape index (κ1) is 13.0. The third-order valence-corrected chi connectivity index (χ3v) is 2.41. The molecule has 0 fully saturated rings. The Kier molecular flexibility index (Phi) is 4.09. The highest BCUT2D eigenvalue weighted by Gasteiger charge is 2.18. The van der Waals surface area contributed by atoms with Crippen molar-refractivity contribution in [2.75, 3.05) is 13.6 Å². The first-order valence-corrected chi connectivity index (χ1v) is 5.19. The summed E-state index contributed by atoms with van der Waals surface area (Å²) in [6, 6.07) is 5.96. The molecule has 1 rings (SSSR count). The highest BCUT2D eigenvalue weighted by atomic mass is 16.4. The van der Waals surface area contributed by atoms with Crippen LogP contribution >= 0.6 is 0 Å². The summed E-state index contributed by atoms with van der Waals surface area (Å²) in [5.41, 5.74) is 0.338. The standard InChI is InChI=1S/C12H15NO4/c1-8(12(16)17)7-13(2)11(15)9-4-3-5-10(14)6-9/h3-6,8,14H,7H2,1-2H3,(H,16,17). The number of carbonyl (C=O) groups excluding carboxylic acids is 1. The van der Waals surface area contributed by atoms with Crippen molar-refractivity contribution >= 4 is 11.9 Å². The molecular formula is C12H15NO4. The third kappa shape index (κ3) is 3.48. The molecule has 0 aliphatic carbocycles. The van der Waals surface area contributed by atoms with Crippen LogP contribution in [0.25, 0.3) is 0 Å². The van der Waals surface area contributed by atoms with Gasteiger partial charge in [-0.05, 0) is 18.2 Å². The van der Waals surface area contributed by atoms with E-state index in [1.807, 2.05) is 0 Å². The van der Waals surface area contributed by atoms with E-state index in [4.69, 9.17) is 5.11 Å². The largest absolute Gasteiger partial charge is 0.508 e. The number of rotatable bonds is 4. The predicted molar refractivity (Wildman–Crippen MR) is 61.9 cm³/mol. The van der Waals surface area contributed by atoms with Gasteiger partial charge in [0, 0.05) is 19.2 Å². The van der Waals surface area contributed by atoms with Gasteiger partial charge in [-0.2, -0.15) is 0 Å². The van der Waals surface area contributed by atoms with Crippen molar-refractivity contribution < 1.29 is 19.8 Å². The number of amides is 1. The highest BCUT2D eigenvalue weighted by molar-refractivity contribution is 5.94. The fraction of sp³-hybridized carbons (Fsp3) is 0.333. The zero-order valence-corrected chi connectivity index (χ0v) is 9.75. The number of aromatic hydroxyl groups is 1. The van der Waals surface area contributed by atoms with Crippen LogP contribution in [0.4, 0.5) is 0 Å². The molecule has 0 heterocycles. The summed E-state index contributed by atoms with van der Waals surface area (Å²) >= 11 is 0. The van der Waals surface area contributed by atoms with E-state index in [-0.39, 0.29) is 18.2 Å². The molecule has 5 heteroatoms. The smallest absolute Gasteiger partial charge is 0.308 e. The molecule has 1 atom stereocenters. The van der Waals surface area contributed by atoms with E-state index in [1.54, 1.807) is 12.1 Å². The molecule has 0 bridgehead atoms. The summed E-state index contributed by atoms with van der Waals surface area (Å²) in [5, 5.41) is 18.0. The molecule has 1 unspecified atom stereocenters. The van der Waals surface area contributed by atoms with Crippen LogP contribution in [-0.4, -0.2) is 40.6 Å². The Labute approximate surface area is 99.3 Å². The van der Waals surface area contributed by atoms with Gasteiger partial charge < -0.3 is 15.1 Å². The topological polar surface area (TPSA) is 77.8 Å². The molecule has 1 aromatic rings. The van der Waals surface area contributed by atoms with Crippen LogP contribution in [-0.2, 0) is 4.79 Å². The summed E-state index contributed by atoms with van der Waals surface area (Å²) in [6.45, 7) is 1.67. The summed E-state index contributed by atoms with van der Waals surface area (Å²) in [7, 11) is 1.53. The summed E-state index contributed by atoms with van der Waals surface area (Å²) in [6.07, 6.45) is 0. The molecule has 0 saturated carbocycles. The number of carbonyl (C=O) groups is 2. The molecule has 0 aliphatic heterocycles. The van der Waals surface area contributed by atoms with Gasteiger partial charge in [0.1, 0.15) is 5.75 Å². The van der Waals surface area contributed by atoms with Gasteiger partial charge in [-0.1, -0.05) is 13.0 Å². The predicted octanol–water partition coefficient (Wildman–Crippen LogP) is 1.18. The van der Waals surface area contributed by atoms with E-state index in [0.29, 0.717) is 5.56 Å². The van der Waals surface area contributed by atoms with Gasteiger partial charge in [-0.3, -0.25) is 9.59 Å². The second-order valence-corrected chi connectivity index (χ2v) is 3.98. The molecule has 5 nitrogen and oxygen atoms in total. The van der Waals surface area contributed by atoms with Crippen LogP contribution in [0.2, 0.25) is 0 Å². The van der Waals surface area contributed by atoms with Gasteiger partial charge in [0.25, 0.3) is 5.91 Å². The maximum Gasteiger partial charge on any atom is 0.308 e. The molecule has 92 valence electrons. The minimum atomic E-state index is -0.944. The highest BCUT2D eigenvalue weighted by Crippen LogP contribution is 2.13. The molecular weight excluding hydrogens is 222 g/mol. The molecule has 17 heavy (non-hydrogen) atoms. The second kappa shape index (κ2) is 5.34. The molecule has 0 radical (unpaired) electrons. The molecule has 0 aliphatic rings. The Hall–Kier alpha value is -2.04. The van der Waals surface area contributed by atoms with Crippen LogP contribution in [0.15, 0.2) is 24.3 Å². The first-order chi connectivity index (χ1) is 7.91. The number of hydrogen-bond donors (Lipinski definition) is 2. The monoisotopic (exact) mass is 237 g/mol. The van der Waals surface area contributed by atoms with Gasteiger partial charge in [-0.15, -0.1) is 0 Å². The average Bonchev–Trinajstić information content (AvgIpc) is 2.27. The number of benzene rings is 1. The van der Waals surface area contributed by atoms with Crippen molar-refractivity contribution in [2.45, 2.75) is 6.92 Å². The zero-order chi connectivity index (χ0) is 13.0. The SMILES string of the molecule is CC(CN(C)C(=O)c1cccc(O)c1)C(=O)O. The van der Waals surface area contributed by atoms with Crippen molar-refractivity contribution in [1.29, 1.82) is 0 Å². The number of nitrogens with zero attached hydrogens (tertiary/aromatic N) is 1. The maximum atomic E-state index is 11.9. The maximum absolute atomic E-state index is 11.9. The lowest BCUT2D eigenvalue weighted by Crippen LogP contribution is -2.33. The van der Waals surface area contributed by atoms with Gasteiger partial charge in [-0.25, -0.2) is 0 Å². The molecule has 0 aromatic heterocycles. The van der Waals surface area contributed by atoms with Crippen molar-refractivity contribution in [2.24, 2.45) is 5.92 Å². The summed E-state index contributed by atoms with van der Waals surface area (Å²) in [4.78, 5) is 23.9. The van der Waals surface area contributed by atoms with Gasteiger partial charge >= 0.3 is 5.97 Å². The minimum Gasteiger partial charge on any atom is -0.508 e. The Balaban J connectivity index is 2.73. The number of carboxylic acids is 1. The Bertz CT molecular complexity index is 430. The molecule has 1 aromatic carbocycles. The van der Waals surface area contributed by atoms with Crippen molar-refractivity contribution in [3.63, 3.8) is 0 Å². The lowest BCUT2D eigenvalue weighted by Gasteiger charge is -2.19. The minimum absolute atomic E-state index is 0.00975. The van der Waals surface area contributed by atoms with E-state index >= 15 is 0 Å². The third-order valence-electron chi connectivity index (χ3n) is 2.41. The quantitative estimate of drug-likeness (QED) is 0.824. The summed E-state index contributed by atoms with van der Waals surface area (Å²) in [5.74, 6) is -1.87. The van der Waals surface area contributed by atoms with E-state index in [0.717, 1.165) is 0 Å². The van der Waals surface area contributed by atoms with Crippen LogP contribution in [0.1, 0.15) is 17.3 Å². The van der Waals surface area contributed by atoms with Crippen LogP contribution < -0.4 is 0 Å². The first-order valence-electron chi connectivity index (χ1n) is 5.19. The van der Waals surface area contributed by atoms with Crippen LogP contribution in [0.3, 0.4) is 0 Å². The normalized spacial score (nSPS) is 11.9. The number of hydrogen-bond acceptors (Lipinski definition) is 3. The van der Waals surface area contributed by atoms with Crippen molar-refractivity contribution in [3.05, 3.63) is 29.8 Å². The van der Waals surface area contributed by atoms with Gasteiger partial charge in [0.05, 0.1) is 5.92 Å². The van der Waals surface area contributed by atoms with E-state index in [9.17, 15) is 14.7 Å². The Morgan fingerprint density at radius 1 is 1.41 bits per heavy atom. The average molecular weight is 237 g/mol. The summed E-state index contributed by atoms with van der Waals surface area (Å²) < 4.78 is 0. The van der Waals surface area contributed by atoms with E-state index < -0.39 is 11.9 Å². The van der Waals surface area contributed by atoms with Crippen molar-refractivity contribution in [1.82, 2.24) is 4.90 Å². The lowest BCUT2D eigenvalue weighted by molar-refractivity contribution is -0.141. The number of phenolic OH excluding ortho intramolecular Hbond substituents is 1. The number of aliphatic carboxylic acids is 1. The lowest BCUT2D eigenvalue weighted by atomic mass is 10.1. The van der Waals surface area contributed by atoms with Gasteiger partial charge in [0.2, 0.25) is 0 Å². The second-order valence-electron chi connectivity index (χ2n) is 3.98. The Morgan fingerprint density at radius 2 is 2.06 bits per heavy atom.